The van der Waals surface area contributed by atoms with E-state index in [1.54, 1.807) is 11.3 Å². The minimum atomic E-state index is -0.147. The molecule has 8 nitrogen and oxygen atoms in total. The van der Waals surface area contributed by atoms with Crippen molar-refractivity contribution in [3.05, 3.63) is 81.7 Å². The van der Waals surface area contributed by atoms with Crippen molar-refractivity contribution in [1.82, 2.24) is 19.9 Å². The molecule has 1 amide bonds. The number of pyridine rings is 2. The van der Waals surface area contributed by atoms with Gasteiger partial charge in [0, 0.05) is 72.1 Å². The maximum Gasteiger partial charge on any atom is 0.257 e. The average Bonchev–Trinajstić information content (AvgIpc) is 3.54. The van der Waals surface area contributed by atoms with E-state index < -0.39 is 0 Å². The van der Waals surface area contributed by atoms with Crippen molar-refractivity contribution in [3.8, 4) is 16.9 Å². The van der Waals surface area contributed by atoms with Gasteiger partial charge in [0.15, 0.2) is 5.13 Å². The number of anilines is 2. The molecule has 0 radical (unpaired) electrons. The van der Waals surface area contributed by atoms with Gasteiger partial charge >= 0.3 is 0 Å². The van der Waals surface area contributed by atoms with Crippen LogP contribution in [0.4, 0.5) is 10.9 Å². The first-order chi connectivity index (χ1) is 18.0. The summed E-state index contributed by atoms with van der Waals surface area (Å²) < 4.78 is 6.00. The number of aryl methyl sites for hydroxylation is 1. The third-order valence-electron chi connectivity index (χ3n) is 6.73. The number of carbonyl (C=O) groups excluding carboxylic acids is 1. The number of thiazole rings is 1. The van der Waals surface area contributed by atoms with Crippen LogP contribution in [0.15, 0.2) is 48.8 Å². The minimum absolute atomic E-state index is 0.147. The van der Waals surface area contributed by atoms with E-state index in [1.807, 2.05) is 55.7 Å². The summed E-state index contributed by atoms with van der Waals surface area (Å²) in [6, 6.07) is 11.7. The SMILES string of the molecule is Cc1cc(-c2cnc(NCc3cccc(C(=O)Nc4nc5c(s4)CN(C)CC5)c3)c3c2OCC3)ccn1. The van der Waals surface area contributed by atoms with Crippen molar-refractivity contribution in [3.63, 3.8) is 0 Å². The Balaban J connectivity index is 1.15. The van der Waals surface area contributed by atoms with Gasteiger partial charge in [-0.15, -0.1) is 11.3 Å². The highest BCUT2D eigenvalue weighted by atomic mass is 32.1. The van der Waals surface area contributed by atoms with Gasteiger partial charge in [-0.2, -0.15) is 0 Å². The normalized spacial score (nSPS) is 14.5. The van der Waals surface area contributed by atoms with E-state index in [-0.39, 0.29) is 5.91 Å². The van der Waals surface area contributed by atoms with Crippen LogP contribution >= 0.6 is 11.3 Å². The van der Waals surface area contributed by atoms with Gasteiger partial charge in [-0.25, -0.2) is 9.97 Å². The van der Waals surface area contributed by atoms with E-state index in [9.17, 15) is 4.79 Å². The predicted octanol–water partition coefficient (Wildman–Crippen LogP) is 4.70. The van der Waals surface area contributed by atoms with Crippen LogP contribution in [0, 0.1) is 6.92 Å². The third-order valence-corrected chi connectivity index (χ3v) is 7.72. The quantitative estimate of drug-likeness (QED) is 0.387. The highest BCUT2D eigenvalue weighted by Crippen LogP contribution is 2.39. The largest absolute Gasteiger partial charge is 0.492 e. The molecule has 2 aliphatic heterocycles. The zero-order valence-electron chi connectivity index (χ0n) is 20.9. The topological polar surface area (TPSA) is 92.3 Å². The van der Waals surface area contributed by atoms with Crippen LogP contribution in [0.25, 0.3) is 11.1 Å². The zero-order chi connectivity index (χ0) is 25.4. The molecule has 0 unspecified atom stereocenters. The Bertz CT molecular complexity index is 1480. The van der Waals surface area contributed by atoms with E-state index in [4.69, 9.17) is 9.72 Å². The Labute approximate surface area is 219 Å². The van der Waals surface area contributed by atoms with Crippen molar-refractivity contribution in [2.24, 2.45) is 0 Å². The molecular weight excluding hydrogens is 484 g/mol. The Kier molecular flexibility index (Phi) is 6.31. The molecule has 0 saturated heterocycles. The van der Waals surface area contributed by atoms with E-state index in [0.717, 1.165) is 71.1 Å². The van der Waals surface area contributed by atoms with Crippen LogP contribution in [0.1, 0.15) is 37.7 Å². The monoisotopic (exact) mass is 512 g/mol. The van der Waals surface area contributed by atoms with E-state index in [1.165, 1.54) is 4.88 Å². The molecule has 188 valence electrons. The second-order valence-corrected chi connectivity index (χ2v) is 10.6. The van der Waals surface area contributed by atoms with Crippen LogP contribution in [0.2, 0.25) is 0 Å². The molecule has 0 fully saturated rings. The lowest BCUT2D eigenvalue weighted by atomic mass is 10.0. The standard InChI is InChI=1S/C28H28N6O2S/c1-17-12-19(6-9-29-17)22-15-31-26(21-8-11-36-25(21)22)30-14-18-4-3-5-20(13-18)27(35)33-28-32-23-7-10-34(2)16-24(23)37-28/h3-6,9,12-13,15H,7-8,10-11,14,16H2,1-2H3,(H,30,31)(H,32,33,35). The number of aromatic nitrogens is 3. The molecule has 4 aromatic rings. The molecule has 6 rings (SSSR count). The molecule has 0 saturated carbocycles. The fourth-order valence-electron chi connectivity index (χ4n) is 4.81. The maximum absolute atomic E-state index is 13.0. The molecule has 2 aliphatic rings. The summed E-state index contributed by atoms with van der Waals surface area (Å²) in [4.78, 5) is 30.1. The molecule has 2 N–H and O–H groups in total. The number of nitrogens with zero attached hydrogens (tertiary/aromatic N) is 4. The lowest BCUT2D eigenvalue weighted by Gasteiger charge is -2.20. The number of fused-ring (bicyclic) bond motifs is 2. The maximum atomic E-state index is 13.0. The first kappa shape index (κ1) is 23.6. The molecule has 3 aromatic heterocycles. The molecule has 5 heterocycles. The lowest BCUT2D eigenvalue weighted by molar-refractivity contribution is 0.102. The number of rotatable bonds is 6. The van der Waals surface area contributed by atoms with E-state index in [2.05, 4.69) is 32.5 Å². The van der Waals surface area contributed by atoms with Gasteiger partial charge in [0.05, 0.1) is 12.3 Å². The van der Waals surface area contributed by atoms with Gasteiger partial charge in [-0.3, -0.25) is 15.1 Å². The zero-order valence-corrected chi connectivity index (χ0v) is 21.7. The van der Waals surface area contributed by atoms with Gasteiger partial charge < -0.3 is 15.0 Å². The number of ether oxygens (including phenoxy) is 1. The summed E-state index contributed by atoms with van der Waals surface area (Å²) in [5, 5.41) is 7.11. The fourth-order valence-corrected chi connectivity index (χ4v) is 5.90. The average molecular weight is 513 g/mol. The van der Waals surface area contributed by atoms with Crippen molar-refractivity contribution in [2.45, 2.75) is 32.9 Å². The molecular formula is C28H28N6O2S. The van der Waals surface area contributed by atoms with Crippen LogP contribution in [-0.4, -0.2) is 46.0 Å². The number of hydrogen-bond acceptors (Lipinski definition) is 8. The van der Waals surface area contributed by atoms with Crippen molar-refractivity contribution < 1.29 is 9.53 Å². The Morgan fingerprint density at radius 3 is 3.00 bits per heavy atom. The Hall–Kier alpha value is -3.82. The highest BCUT2D eigenvalue weighted by molar-refractivity contribution is 7.15. The number of benzene rings is 1. The van der Waals surface area contributed by atoms with Crippen molar-refractivity contribution >= 4 is 28.2 Å². The predicted molar refractivity (Wildman–Crippen MR) is 145 cm³/mol. The number of carbonyl (C=O) groups is 1. The van der Waals surface area contributed by atoms with Crippen LogP contribution in [-0.2, 0) is 25.9 Å². The summed E-state index contributed by atoms with van der Waals surface area (Å²) in [6.45, 7) is 5.04. The third kappa shape index (κ3) is 4.92. The first-order valence-corrected chi connectivity index (χ1v) is 13.2. The summed E-state index contributed by atoms with van der Waals surface area (Å²) in [5.74, 6) is 1.55. The van der Waals surface area contributed by atoms with Gasteiger partial charge in [-0.1, -0.05) is 12.1 Å². The number of likely N-dealkylation sites (N-methyl/N-ethyl adjacent to an activating group) is 1. The Morgan fingerprint density at radius 2 is 2.11 bits per heavy atom. The number of hydrogen-bond donors (Lipinski definition) is 2. The Morgan fingerprint density at radius 1 is 1.19 bits per heavy atom. The summed E-state index contributed by atoms with van der Waals surface area (Å²) in [7, 11) is 2.10. The van der Waals surface area contributed by atoms with Crippen molar-refractivity contribution in [2.75, 3.05) is 30.8 Å². The number of nitrogens with one attached hydrogen (secondary N) is 2. The summed E-state index contributed by atoms with van der Waals surface area (Å²) in [5.41, 5.74) is 6.78. The van der Waals surface area contributed by atoms with E-state index in [0.29, 0.717) is 23.8 Å². The second kappa shape index (κ2) is 9.91. The van der Waals surface area contributed by atoms with Gasteiger partial charge in [-0.05, 0) is 49.4 Å². The van der Waals surface area contributed by atoms with Gasteiger partial charge in [0.1, 0.15) is 11.6 Å². The lowest BCUT2D eigenvalue weighted by Crippen LogP contribution is -2.25. The second-order valence-electron chi connectivity index (χ2n) is 9.50. The van der Waals surface area contributed by atoms with Crippen molar-refractivity contribution in [1.29, 1.82) is 0 Å². The minimum Gasteiger partial charge on any atom is -0.492 e. The summed E-state index contributed by atoms with van der Waals surface area (Å²) >= 11 is 1.56. The smallest absolute Gasteiger partial charge is 0.257 e. The first-order valence-electron chi connectivity index (χ1n) is 12.4. The fraction of sp³-hybridized carbons (Fsp3) is 0.286. The van der Waals surface area contributed by atoms with Crippen LogP contribution in [0.5, 0.6) is 5.75 Å². The molecule has 0 atom stereocenters. The molecule has 0 bridgehead atoms. The van der Waals surface area contributed by atoms with Crippen LogP contribution < -0.4 is 15.4 Å². The van der Waals surface area contributed by atoms with Gasteiger partial charge in [0.25, 0.3) is 5.91 Å². The molecule has 37 heavy (non-hydrogen) atoms. The number of amides is 1. The van der Waals surface area contributed by atoms with E-state index >= 15 is 0 Å². The molecule has 1 aromatic carbocycles. The molecule has 0 spiro atoms. The van der Waals surface area contributed by atoms with Gasteiger partial charge in [0.2, 0.25) is 0 Å². The molecule has 9 heteroatoms. The summed E-state index contributed by atoms with van der Waals surface area (Å²) in [6.07, 6.45) is 5.39. The van der Waals surface area contributed by atoms with Crippen LogP contribution in [0.3, 0.4) is 0 Å². The highest BCUT2D eigenvalue weighted by Gasteiger charge is 2.23. The molecule has 0 aliphatic carbocycles.